The number of aliphatic imine (C=N–C) groups is 1. The molecule has 0 aromatic heterocycles. The van der Waals surface area contributed by atoms with Gasteiger partial charge in [0, 0.05) is 32.3 Å². The Morgan fingerprint density at radius 3 is 2.41 bits per heavy atom. The van der Waals surface area contributed by atoms with Crippen molar-refractivity contribution in [3.05, 3.63) is 65.2 Å². The van der Waals surface area contributed by atoms with Crippen LogP contribution >= 0.6 is 24.0 Å². The molecule has 0 spiro atoms. The Morgan fingerprint density at radius 1 is 1.03 bits per heavy atom. The summed E-state index contributed by atoms with van der Waals surface area (Å²) in [6.07, 6.45) is 2.49. The van der Waals surface area contributed by atoms with Crippen molar-refractivity contribution in [2.45, 2.75) is 39.0 Å². The van der Waals surface area contributed by atoms with Crippen LogP contribution in [0.2, 0.25) is 0 Å². The lowest BCUT2D eigenvalue weighted by atomic mass is 10.0. The van der Waals surface area contributed by atoms with Gasteiger partial charge in [0.15, 0.2) is 5.96 Å². The number of hydrogen-bond donors (Lipinski definition) is 2. The number of hydrogen-bond acceptors (Lipinski definition) is 4. The minimum Gasteiger partial charge on any atom is -0.496 e. The van der Waals surface area contributed by atoms with Crippen molar-refractivity contribution in [1.82, 2.24) is 15.5 Å². The molecule has 1 saturated heterocycles. The fourth-order valence-electron chi connectivity index (χ4n) is 4.11. The largest absolute Gasteiger partial charge is 0.496 e. The normalized spacial score (nSPS) is 15.2. The van der Waals surface area contributed by atoms with Gasteiger partial charge in [-0.05, 0) is 50.0 Å². The molecule has 1 heterocycles. The van der Waals surface area contributed by atoms with E-state index in [0.29, 0.717) is 19.8 Å². The summed E-state index contributed by atoms with van der Waals surface area (Å²) in [7, 11) is 3.56. The number of halogens is 1. The molecule has 2 aromatic carbocycles. The Balaban J connectivity index is 0.00000363. The number of ether oxygens (including phenoxy) is 2. The molecule has 1 aliphatic rings. The lowest BCUT2D eigenvalue weighted by molar-refractivity contribution is 0.133. The molecule has 0 bridgehead atoms. The van der Waals surface area contributed by atoms with Crippen molar-refractivity contribution in [1.29, 1.82) is 0 Å². The van der Waals surface area contributed by atoms with Gasteiger partial charge >= 0.3 is 0 Å². The Labute approximate surface area is 209 Å². The Bertz CT molecular complexity index is 840. The molecule has 1 atom stereocenters. The van der Waals surface area contributed by atoms with Crippen molar-refractivity contribution in [2.24, 2.45) is 4.99 Å². The van der Waals surface area contributed by atoms with E-state index in [1.165, 1.54) is 29.5 Å². The lowest BCUT2D eigenvalue weighted by Gasteiger charge is -2.30. The van der Waals surface area contributed by atoms with Gasteiger partial charge < -0.3 is 20.1 Å². The summed E-state index contributed by atoms with van der Waals surface area (Å²) in [5, 5.41) is 7.00. The van der Waals surface area contributed by atoms with E-state index in [9.17, 15) is 0 Å². The summed E-state index contributed by atoms with van der Waals surface area (Å²) in [5.74, 6) is 1.74. The van der Waals surface area contributed by atoms with Gasteiger partial charge in [0.2, 0.25) is 0 Å². The molecule has 32 heavy (non-hydrogen) atoms. The quantitative estimate of drug-likeness (QED) is 0.261. The third-order valence-corrected chi connectivity index (χ3v) is 5.79. The molecule has 0 radical (unpaired) electrons. The van der Waals surface area contributed by atoms with Crippen LogP contribution in [0.25, 0.3) is 0 Å². The SMILES string of the molecule is CCOCc1ccccc1CNC(=NC)NCC(c1ccccc1OC)N1CCCC1.I. The molecular weight excluding hydrogens is 515 g/mol. The summed E-state index contributed by atoms with van der Waals surface area (Å²) < 4.78 is 11.3. The molecule has 6 nitrogen and oxygen atoms in total. The average Bonchev–Trinajstić information content (AvgIpc) is 3.35. The summed E-state index contributed by atoms with van der Waals surface area (Å²) >= 11 is 0. The maximum Gasteiger partial charge on any atom is 0.191 e. The van der Waals surface area contributed by atoms with E-state index in [2.05, 4.69) is 56.9 Å². The Kier molecular flexibility index (Phi) is 11.8. The Hall–Kier alpha value is -1.84. The predicted octanol–water partition coefficient (Wildman–Crippen LogP) is 4.35. The zero-order valence-electron chi connectivity index (χ0n) is 19.5. The standard InChI is InChI=1S/C25H36N4O2.HI/c1-4-31-19-21-12-6-5-11-20(21)17-27-25(26-2)28-18-23(29-15-9-10-16-29)22-13-7-8-14-24(22)30-3;/h5-8,11-14,23H,4,9-10,15-19H2,1-3H3,(H2,26,27,28);1H. The monoisotopic (exact) mass is 552 g/mol. The molecule has 1 fully saturated rings. The van der Waals surface area contributed by atoms with Crippen LogP contribution in [0.5, 0.6) is 5.75 Å². The van der Waals surface area contributed by atoms with E-state index in [-0.39, 0.29) is 30.0 Å². The minimum atomic E-state index is 0. The molecule has 2 aromatic rings. The van der Waals surface area contributed by atoms with Crippen LogP contribution in [0.15, 0.2) is 53.5 Å². The average molecular weight is 553 g/mol. The van der Waals surface area contributed by atoms with Gasteiger partial charge in [-0.1, -0.05) is 42.5 Å². The smallest absolute Gasteiger partial charge is 0.191 e. The Morgan fingerprint density at radius 2 is 1.72 bits per heavy atom. The van der Waals surface area contributed by atoms with Crippen LogP contribution in [0.3, 0.4) is 0 Å². The first-order valence-electron chi connectivity index (χ1n) is 11.2. The molecule has 0 saturated carbocycles. The molecule has 176 valence electrons. The first-order chi connectivity index (χ1) is 15.3. The van der Waals surface area contributed by atoms with Gasteiger partial charge in [-0.25, -0.2) is 0 Å². The summed E-state index contributed by atoms with van der Waals surface area (Å²) in [6, 6.07) is 16.9. The van der Waals surface area contributed by atoms with Crippen molar-refractivity contribution in [3.63, 3.8) is 0 Å². The third kappa shape index (κ3) is 7.35. The van der Waals surface area contributed by atoms with E-state index in [4.69, 9.17) is 9.47 Å². The van der Waals surface area contributed by atoms with Gasteiger partial charge in [-0.15, -0.1) is 24.0 Å². The topological polar surface area (TPSA) is 58.1 Å². The lowest BCUT2D eigenvalue weighted by Crippen LogP contribution is -2.42. The number of nitrogens with zero attached hydrogens (tertiary/aromatic N) is 2. The zero-order valence-corrected chi connectivity index (χ0v) is 21.8. The molecule has 1 aliphatic heterocycles. The molecule has 3 rings (SSSR count). The van der Waals surface area contributed by atoms with E-state index in [1.807, 2.05) is 26.1 Å². The zero-order chi connectivity index (χ0) is 21.9. The first kappa shape index (κ1) is 26.4. The molecule has 1 unspecified atom stereocenters. The summed E-state index contributed by atoms with van der Waals surface area (Å²) in [6.45, 7) is 7.05. The van der Waals surface area contributed by atoms with Gasteiger partial charge in [0.1, 0.15) is 5.75 Å². The van der Waals surface area contributed by atoms with Crippen molar-refractivity contribution in [2.75, 3.05) is 40.4 Å². The van der Waals surface area contributed by atoms with Crippen molar-refractivity contribution < 1.29 is 9.47 Å². The van der Waals surface area contributed by atoms with Crippen molar-refractivity contribution in [3.8, 4) is 5.75 Å². The van der Waals surface area contributed by atoms with E-state index >= 15 is 0 Å². The first-order valence-corrected chi connectivity index (χ1v) is 11.2. The number of nitrogens with one attached hydrogen (secondary N) is 2. The number of benzene rings is 2. The molecule has 0 amide bonds. The van der Waals surface area contributed by atoms with Crippen LogP contribution in [-0.4, -0.2) is 51.3 Å². The number of para-hydroxylation sites is 1. The number of guanidine groups is 1. The minimum absolute atomic E-state index is 0. The maximum atomic E-state index is 5.66. The fraction of sp³-hybridized carbons (Fsp3) is 0.480. The number of likely N-dealkylation sites (tertiary alicyclic amines) is 1. The second-order valence-electron chi connectivity index (χ2n) is 7.71. The highest BCUT2D eigenvalue weighted by Gasteiger charge is 2.26. The van der Waals surface area contributed by atoms with Crippen LogP contribution in [0, 0.1) is 0 Å². The summed E-state index contributed by atoms with van der Waals surface area (Å²) in [4.78, 5) is 6.98. The highest BCUT2D eigenvalue weighted by molar-refractivity contribution is 14.0. The molecule has 7 heteroatoms. The summed E-state index contributed by atoms with van der Waals surface area (Å²) in [5.41, 5.74) is 3.65. The maximum absolute atomic E-state index is 5.66. The molecule has 2 N–H and O–H groups in total. The second-order valence-corrected chi connectivity index (χ2v) is 7.71. The van der Waals surface area contributed by atoms with E-state index in [1.54, 1.807) is 7.11 Å². The van der Waals surface area contributed by atoms with Crippen LogP contribution < -0.4 is 15.4 Å². The van der Waals surface area contributed by atoms with Crippen LogP contribution in [-0.2, 0) is 17.9 Å². The second kappa shape index (κ2) is 14.3. The molecular formula is C25H37IN4O2. The predicted molar refractivity (Wildman–Crippen MR) is 142 cm³/mol. The van der Waals surface area contributed by atoms with Gasteiger partial charge in [-0.3, -0.25) is 9.89 Å². The highest BCUT2D eigenvalue weighted by atomic mass is 127. The van der Waals surface area contributed by atoms with Crippen LogP contribution in [0.4, 0.5) is 0 Å². The molecule has 0 aliphatic carbocycles. The van der Waals surface area contributed by atoms with Gasteiger partial charge in [0.25, 0.3) is 0 Å². The van der Waals surface area contributed by atoms with Crippen LogP contribution in [0.1, 0.15) is 42.5 Å². The van der Waals surface area contributed by atoms with Gasteiger partial charge in [0.05, 0.1) is 19.8 Å². The third-order valence-electron chi connectivity index (χ3n) is 5.79. The fourth-order valence-corrected chi connectivity index (χ4v) is 4.11. The van der Waals surface area contributed by atoms with Crippen molar-refractivity contribution >= 4 is 29.9 Å². The highest BCUT2D eigenvalue weighted by Crippen LogP contribution is 2.31. The number of methoxy groups -OCH3 is 1. The number of rotatable bonds is 10. The van der Waals surface area contributed by atoms with E-state index < -0.39 is 0 Å². The van der Waals surface area contributed by atoms with Gasteiger partial charge in [-0.2, -0.15) is 0 Å². The van der Waals surface area contributed by atoms with E-state index in [0.717, 1.165) is 31.3 Å².